The fourth-order valence-electron chi connectivity index (χ4n) is 2.38. The normalized spacial score (nSPS) is 26.1. The third-order valence-corrected chi connectivity index (χ3v) is 3.73. The number of likely N-dealkylation sites (tertiary alicyclic amines) is 1. The molecular weight excluding hydrogens is 192 g/mol. The van der Waals surface area contributed by atoms with Crippen LogP contribution in [0, 0.1) is 0 Å². The maximum absolute atomic E-state index is 12.1. The second-order valence-electron chi connectivity index (χ2n) is 4.74. The maximum atomic E-state index is 12.1. The van der Waals surface area contributed by atoms with Gasteiger partial charge in [-0.15, -0.1) is 0 Å². The first kappa shape index (κ1) is 10.9. The second kappa shape index (κ2) is 4.10. The summed E-state index contributed by atoms with van der Waals surface area (Å²) in [4.78, 5) is 14.0. The van der Waals surface area contributed by atoms with Gasteiger partial charge in [0.05, 0.1) is 11.6 Å². The van der Waals surface area contributed by atoms with Crippen LogP contribution in [0.3, 0.4) is 0 Å². The number of carbonyl (C=O) groups is 1. The van der Waals surface area contributed by atoms with E-state index in [-0.39, 0.29) is 5.91 Å². The molecule has 1 saturated carbocycles. The minimum Gasteiger partial charge on any atom is -0.381 e. The van der Waals surface area contributed by atoms with Crippen molar-refractivity contribution >= 4 is 5.91 Å². The fraction of sp³-hybridized carbons (Fsp3) is 0.909. The molecule has 0 spiro atoms. The van der Waals surface area contributed by atoms with E-state index in [1.807, 2.05) is 4.90 Å². The molecule has 1 saturated heterocycles. The van der Waals surface area contributed by atoms with Crippen LogP contribution in [0.2, 0.25) is 0 Å². The first-order valence-corrected chi connectivity index (χ1v) is 5.77. The van der Waals surface area contributed by atoms with Gasteiger partial charge in [-0.25, -0.2) is 0 Å². The molecule has 0 aromatic rings. The quantitative estimate of drug-likeness (QED) is 0.725. The highest BCUT2D eigenvalue weighted by atomic mass is 16.5. The van der Waals surface area contributed by atoms with Gasteiger partial charge in [-0.1, -0.05) is 0 Å². The van der Waals surface area contributed by atoms with E-state index in [1.165, 1.54) is 0 Å². The molecule has 2 fully saturated rings. The van der Waals surface area contributed by atoms with Crippen LogP contribution < -0.4 is 5.73 Å². The van der Waals surface area contributed by atoms with Gasteiger partial charge in [0.25, 0.3) is 0 Å². The first-order valence-electron chi connectivity index (χ1n) is 5.77. The Morgan fingerprint density at radius 1 is 1.40 bits per heavy atom. The van der Waals surface area contributed by atoms with Gasteiger partial charge >= 0.3 is 0 Å². The SMILES string of the molecule is COC1CCN(C(=O)C2(N)CCC2)CC1. The lowest BCUT2D eigenvalue weighted by Gasteiger charge is -2.42. The largest absolute Gasteiger partial charge is 0.381 e. The van der Waals surface area contributed by atoms with Crippen LogP contribution in [0.5, 0.6) is 0 Å². The van der Waals surface area contributed by atoms with E-state index in [0.717, 1.165) is 45.2 Å². The minimum absolute atomic E-state index is 0.156. The van der Waals surface area contributed by atoms with Crippen molar-refractivity contribution in [2.75, 3.05) is 20.2 Å². The topological polar surface area (TPSA) is 55.6 Å². The van der Waals surface area contributed by atoms with Crippen LogP contribution in [0.25, 0.3) is 0 Å². The molecule has 86 valence electrons. The smallest absolute Gasteiger partial charge is 0.242 e. The van der Waals surface area contributed by atoms with Crippen molar-refractivity contribution in [2.24, 2.45) is 5.73 Å². The minimum atomic E-state index is -0.528. The zero-order valence-electron chi connectivity index (χ0n) is 9.37. The highest BCUT2D eigenvalue weighted by Gasteiger charge is 2.43. The van der Waals surface area contributed by atoms with Crippen molar-refractivity contribution in [3.8, 4) is 0 Å². The number of nitrogens with two attached hydrogens (primary N) is 1. The van der Waals surface area contributed by atoms with Gasteiger partial charge in [0.1, 0.15) is 0 Å². The number of rotatable bonds is 2. The molecule has 4 nitrogen and oxygen atoms in total. The Hall–Kier alpha value is -0.610. The van der Waals surface area contributed by atoms with E-state index in [0.29, 0.717) is 6.10 Å². The van der Waals surface area contributed by atoms with Crippen LogP contribution in [-0.4, -0.2) is 42.6 Å². The van der Waals surface area contributed by atoms with Gasteiger partial charge in [-0.3, -0.25) is 4.79 Å². The van der Waals surface area contributed by atoms with Crippen LogP contribution in [0.15, 0.2) is 0 Å². The monoisotopic (exact) mass is 212 g/mol. The number of hydrogen-bond acceptors (Lipinski definition) is 3. The summed E-state index contributed by atoms with van der Waals surface area (Å²) in [7, 11) is 1.73. The van der Waals surface area contributed by atoms with E-state index >= 15 is 0 Å². The molecule has 0 atom stereocenters. The molecule has 0 radical (unpaired) electrons. The first-order chi connectivity index (χ1) is 7.15. The average molecular weight is 212 g/mol. The molecule has 15 heavy (non-hydrogen) atoms. The molecule has 2 N–H and O–H groups in total. The Kier molecular flexibility index (Phi) is 2.98. The molecule has 0 aromatic heterocycles. The molecule has 1 aliphatic carbocycles. The Morgan fingerprint density at radius 3 is 2.40 bits per heavy atom. The number of amides is 1. The highest BCUT2D eigenvalue weighted by molar-refractivity contribution is 5.87. The summed E-state index contributed by atoms with van der Waals surface area (Å²) in [5, 5.41) is 0. The number of ether oxygens (including phenoxy) is 1. The molecule has 4 heteroatoms. The van der Waals surface area contributed by atoms with Crippen molar-refractivity contribution in [1.29, 1.82) is 0 Å². The zero-order valence-corrected chi connectivity index (χ0v) is 9.37. The zero-order chi connectivity index (χ0) is 10.9. The summed E-state index contributed by atoms with van der Waals surface area (Å²) in [5.74, 6) is 0.156. The number of carbonyl (C=O) groups excluding carboxylic acids is 1. The Morgan fingerprint density at radius 2 is 2.00 bits per heavy atom. The van der Waals surface area contributed by atoms with Gasteiger partial charge in [-0.05, 0) is 32.1 Å². The van der Waals surface area contributed by atoms with Crippen molar-refractivity contribution < 1.29 is 9.53 Å². The summed E-state index contributed by atoms with van der Waals surface area (Å²) < 4.78 is 5.28. The Balaban J connectivity index is 1.87. The number of nitrogens with zero attached hydrogens (tertiary/aromatic N) is 1. The molecule has 2 aliphatic rings. The van der Waals surface area contributed by atoms with Crippen molar-refractivity contribution in [3.63, 3.8) is 0 Å². The summed E-state index contributed by atoms with van der Waals surface area (Å²) >= 11 is 0. The summed E-state index contributed by atoms with van der Waals surface area (Å²) in [5.41, 5.74) is 5.49. The molecule has 0 aromatic carbocycles. The molecule has 0 unspecified atom stereocenters. The molecule has 1 heterocycles. The summed E-state index contributed by atoms with van der Waals surface area (Å²) in [6.45, 7) is 1.60. The maximum Gasteiger partial charge on any atom is 0.242 e. The van der Waals surface area contributed by atoms with Crippen molar-refractivity contribution in [3.05, 3.63) is 0 Å². The van der Waals surface area contributed by atoms with Crippen LogP contribution in [-0.2, 0) is 9.53 Å². The summed E-state index contributed by atoms with van der Waals surface area (Å²) in [6.07, 6.45) is 5.02. The molecule has 2 rings (SSSR count). The Labute approximate surface area is 90.8 Å². The van der Waals surface area contributed by atoms with Crippen LogP contribution in [0.1, 0.15) is 32.1 Å². The second-order valence-corrected chi connectivity index (χ2v) is 4.74. The lowest BCUT2D eigenvalue weighted by atomic mass is 9.76. The molecule has 1 amide bonds. The van der Waals surface area contributed by atoms with Gasteiger partial charge < -0.3 is 15.4 Å². The van der Waals surface area contributed by atoms with Crippen molar-refractivity contribution in [2.45, 2.75) is 43.7 Å². The van der Waals surface area contributed by atoms with Crippen LogP contribution in [0.4, 0.5) is 0 Å². The average Bonchev–Trinajstić information content (AvgIpc) is 2.25. The molecule has 1 aliphatic heterocycles. The van der Waals surface area contributed by atoms with Gasteiger partial charge in [0.2, 0.25) is 5.91 Å². The number of hydrogen-bond donors (Lipinski definition) is 1. The number of methoxy groups -OCH3 is 1. The fourth-order valence-corrected chi connectivity index (χ4v) is 2.38. The number of piperidine rings is 1. The summed E-state index contributed by atoms with van der Waals surface area (Å²) in [6, 6.07) is 0. The predicted octanol–water partition coefficient (Wildman–Crippen LogP) is 0.505. The van der Waals surface area contributed by atoms with Gasteiger partial charge in [0, 0.05) is 20.2 Å². The van der Waals surface area contributed by atoms with E-state index in [1.54, 1.807) is 7.11 Å². The third kappa shape index (κ3) is 2.01. The van der Waals surface area contributed by atoms with Crippen molar-refractivity contribution in [1.82, 2.24) is 4.90 Å². The Bertz CT molecular complexity index is 243. The highest BCUT2D eigenvalue weighted by Crippen LogP contribution is 2.31. The van der Waals surface area contributed by atoms with E-state index in [2.05, 4.69) is 0 Å². The van der Waals surface area contributed by atoms with E-state index in [9.17, 15) is 4.79 Å². The van der Waals surface area contributed by atoms with Crippen LogP contribution >= 0.6 is 0 Å². The van der Waals surface area contributed by atoms with Gasteiger partial charge in [-0.2, -0.15) is 0 Å². The molecular formula is C11H20N2O2. The van der Waals surface area contributed by atoms with E-state index in [4.69, 9.17) is 10.5 Å². The standard InChI is InChI=1S/C11H20N2O2/c1-15-9-3-7-13(8-4-9)10(14)11(12)5-2-6-11/h9H,2-8,12H2,1H3. The lowest BCUT2D eigenvalue weighted by Crippen LogP contribution is -2.60. The molecule has 0 bridgehead atoms. The lowest BCUT2D eigenvalue weighted by molar-refractivity contribution is -0.142. The third-order valence-electron chi connectivity index (χ3n) is 3.73. The van der Waals surface area contributed by atoms with Gasteiger partial charge in [0.15, 0.2) is 0 Å². The predicted molar refractivity (Wildman–Crippen MR) is 57.4 cm³/mol. The van der Waals surface area contributed by atoms with E-state index < -0.39 is 5.54 Å².